The molecule has 2 heterocycles. The van der Waals surface area contributed by atoms with Crippen LogP contribution in [-0.4, -0.2) is 28.7 Å². The van der Waals surface area contributed by atoms with E-state index in [1.807, 2.05) is 19.1 Å². The van der Waals surface area contributed by atoms with Crippen molar-refractivity contribution in [3.05, 3.63) is 36.8 Å². The van der Waals surface area contributed by atoms with Gasteiger partial charge in [-0.05, 0) is 19.1 Å². The van der Waals surface area contributed by atoms with Crippen molar-refractivity contribution in [2.24, 2.45) is 0 Å². The Morgan fingerprint density at radius 1 is 1.04 bits per heavy atom. The predicted molar refractivity (Wildman–Crippen MR) is 86.0 cm³/mol. The Morgan fingerprint density at radius 3 is 2.52 bits per heavy atom. The molecule has 7 nitrogen and oxygen atoms in total. The number of aromatic nitrogens is 3. The maximum Gasteiger partial charge on any atom is 0.322 e. The zero-order valence-electron chi connectivity index (χ0n) is 12.8. The first-order valence-corrected chi connectivity index (χ1v) is 7.06. The van der Waals surface area contributed by atoms with Gasteiger partial charge in [0.15, 0.2) is 11.5 Å². The second-order valence-corrected chi connectivity index (χ2v) is 4.66. The molecule has 2 N–H and O–H groups in total. The largest absolute Gasteiger partial charge is 0.493 e. The molecule has 0 amide bonds. The number of pyridine rings is 1. The van der Waals surface area contributed by atoms with E-state index in [4.69, 9.17) is 19.9 Å². The van der Waals surface area contributed by atoms with Crippen molar-refractivity contribution in [3.8, 4) is 23.3 Å². The van der Waals surface area contributed by atoms with Crippen LogP contribution in [0, 0.1) is 0 Å². The van der Waals surface area contributed by atoms with Gasteiger partial charge in [-0.25, -0.2) is 9.97 Å². The highest BCUT2D eigenvalue weighted by atomic mass is 16.5. The van der Waals surface area contributed by atoms with Crippen molar-refractivity contribution in [2.75, 3.05) is 19.5 Å². The van der Waals surface area contributed by atoms with Crippen molar-refractivity contribution in [1.82, 2.24) is 15.0 Å². The van der Waals surface area contributed by atoms with Crippen LogP contribution in [0.25, 0.3) is 10.9 Å². The first-order valence-electron chi connectivity index (χ1n) is 7.06. The smallest absolute Gasteiger partial charge is 0.322 e. The third kappa shape index (κ3) is 3.08. The molecule has 0 radical (unpaired) electrons. The minimum atomic E-state index is 0.208. The molecular weight excluding hydrogens is 296 g/mol. The van der Waals surface area contributed by atoms with Gasteiger partial charge in [0, 0.05) is 17.6 Å². The molecule has 23 heavy (non-hydrogen) atoms. The number of anilines is 1. The molecule has 0 saturated carbocycles. The molecule has 118 valence electrons. The van der Waals surface area contributed by atoms with Crippen molar-refractivity contribution in [1.29, 1.82) is 0 Å². The lowest BCUT2D eigenvalue weighted by atomic mass is 10.2. The van der Waals surface area contributed by atoms with E-state index >= 15 is 0 Å². The van der Waals surface area contributed by atoms with Gasteiger partial charge in [0.25, 0.3) is 0 Å². The number of nitrogen functional groups attached to an aromatic ring is 1. The van der Waals surface area contributed by atoms with Crippen LogP contribution in [0.2, 0.25) is 0 Å². The van der Waals surface area contributed by atoms with E-state index in [2.05, 4.69) is 15.0 Å². The fraction of sp³-hybridized carbons (Fsp3) is 0.188. The highest BCUT2D eigenvalue weighted by molar-refractivity contribution is 5.88. The lowest BCUT2D eigenvalue weighted by Gasteiger charge is -2.12. The Morgan fingerprint density at radius 2 is 1.83 bits per heavy atom. The van der Waals surface area contributed by atoms with Crippen molar-refractivity contribution < 1.29 is 14.2 Å². The van der Waals surface area contributed by atoms with Gasteiger partial charge in [-0.2, -0.15) is 0 Å². The molecule has 0 fully saturated rings. The molecule has 0 atom stereocenters. The average Bonchev–Trinajstić information content (AvgIpc) is 2.57. The summed E-state index contributed by atoms with van der Waals surface area (Å²) in [5.41, 5.74) is 6.77. The number of benzene rings is 1. The van der Waals surface area contributed by atoms with Gasteiger partial charge in [0.05, 0.1) is 37.3 Å². The number of nitrogens with two attached hydrogens (primary N) is 1. The molecule has 0 aliphatic rings. The van der Waals surface area contributed by atoms with Crippen LogP contribution in [0.15, 0.2) is 36.8 Å². The summed E-state index contributed by atoms with van der Waals surface area (Å²) >= 11 is 0. The van der Waals surface area contributed by atoms with E-state index in [-0.39, 0.29) is 6.01 Å². The highest BCUT2D eigenvalue weighted by Crippen LogP contribution is 2.36. The Balaban J connectivity index is 2.05. The average molecular weight is 312 g/mol. The van der Waals surface area contributed by atoms with Crippen LogP contribution in [0.3, 0.4) is 0 Å². The van der Waals surface area contributed by atoms with E-state index in [1.54, 1.807) is 19.4 Å². The molecule has 0 bridgehead atoms. The SMILES string of the molecule is CCOc1cc2nccc(Oc3ncc(N)cn3)c2cc1OC. The van der Waals surface area contributed by atoms with Crippen LogP contribution in [-0.2, 0) is 0 Å². The molecule has 2 aromatic heterocycles. The Kier molecular flexibility index (Phi) is 4.09. The first kappa shape index (κ1) is 14.8. The fourth-order valence-electron chi connectivity index (χ4n) is 2.12. The molecule has 3 rings (SSSR count). The van der Waals surface area contributed by atoms with Crippen LogP contribution in [0.4, 0.5) is 5.69 Å². The maximum absolute atomic E-state index is 5.73. The second-order valence-electron chi connectivity index (χ2n) is 4.66. The normalized spacial score (nSPS) is 10.5. The van der Waals surface area contributed by atoms with Gasteiger partial charge in [0.2, 0.25) is 0 Å². The van der Waals surface area contributed by atoms with Crippen molar-refractivity contribution in [2.45, 2.75) is 6.92 Å². The minimum Gasteiger partial charge on any atom is -0.493 e. The topological polar surface area (TPSA) is 92.4 Å². The van der Waals surface area contributed by atoms with Gasteiger partial charge in [0.1, 0.15) is 5.75 Å². The second kappa shape index (κ2) is 6.35. The lowest BCUT2D eigenvalue weighted by Crippen LogP contribution is -1.97. The standard InChI is InChI=1S/C16H16N4O3/c1-3-22-15-7-12-11(6-14(15)21-2)13(4-5-18-12)23-16-19-8-10(17)9-20-16/h4-9H,3,17H2,1-2H3. The fourth-order valence-corrected chi connectivity index (χ4v) is 2.12. The zero-order valence-corrected chi connectivity index (χ0v) is 12.8. The summed E-state index contributed by atoms with van der Waals surface area (Å²) in [5, 5.41) is 0.772. The van der Waals surface area contributed by atoms with Crippen LogP contribution < -0.4 is 19.9 Å². The van der Waals surface area contributed by atoms with Gasteiger partial charge in [-0.15, -0.1) is 0 Å². The van der Waals surface area contributed by atoms with Crippen LogP contribution >= 0.6 is 0 Å². The summed E-state index contributed by atoms with van der Waals surface area (Å²) in [6, 6.07) is 5.58. The summed E-state index contributed by atoms with van der Waals surface area (Å²) in [7, 11) is 1.59. The minimum absolute atomic E-state index is 0.208. The van der Waals surface area contributed by atoms with Gasteiger partial charge < -0.3 is 19.9 Å². The first-order chi connectivity index (χ1) is 11.2. The monoisotopic (exact) mass is 312 g/mol. The van der Waals surface area contributed by atoms with Crippen molar-refractivity contribution in [3.63, 3.8) is 0 Å². The molecule has 1 aromatic carbocycles. The van der Waals surface area contributed by atoms with Gasteiger partial charge in [-0.3, -0.25) is 4.98 Å². The lowest BCUT2D eigenvalue weighted by molar-refractivity contribution is 0.311. The highest BCUT2D eigenvalue weighted by Gasteiger charge is 2.12. The number of methoxy groups -OCH3 is 1. The summed E-state index contributed by atoms with van der Waals surface area (Å²) < 4.78 is 16.7. The Hall–Kier alpha value is -3.09. The van der Waals surface area contributed by atoms with E-state index in [0.717, 1.165) is 10.9 Å². The summed E-state index contributed by atoms with van der Waals surface area (Å²) in [4.78, 5) is 12.4. The summed E-state index contributed by atoms with van der Waals surface area (Å²) in [6.07, 6.45) is 4.62. The van der Waals surface area contributed by atoms with Gasteiger partial charge >= 0.3 is 6.01 Å². The number of hydrogen-bond donors (Lipinski definition) is 1. The van der Waals surface area contributed by atoms with E-state index in [0.29, 0.717) is 29.5 Å². The third-order valence-corrected chi connectivity index (χ3v) is 3.14. The molecule has 7 heteroatoms. The molecule has 0 unspecified atom stereocenters. The van der Waals surface area contributed by atoms with Gasteiger partial charge in [-0.1, -0.05) is 0 Å². The molecule has 0 saturated heterocycles. The summed E-state index contributed by atoms with van der Waals surface area (Å²) in [5.74, 6) is 1.81. The number of hydrogen-bond acceptors (Lipinski definition) is 7. The number of rotatable bonds is 5. The number of nitrogens with zero attached hydrogens (tertiary/aromatic N) is 3. The van der Waals surface area contributed by atoms with E-state index in [1.165, 1.54) is 12.4 Å². The van der Waals surface area contributed by atoms with E-state index in [9.17, 15) is 0 Å². The molecule has 0 spiro atoms. The van der Waals surface area contributed by atoms with Crippen LogP contribution in [0.1, 0.15) is 6.92 Å². The molecule has 0 aliphatic carbocycles. The molecule has 0 aliphatic heterocycles. The Bertz CT molecular complexity index is 821. The Labute approximate surface area is 133 Å². The number of ether oxygens (including phenoxy) is 3. The zero-order chi connectivity index (χ0) is 16.2. The van der Waals surface area contributed by atoms with Crippen LogP contribution in [0.5, 0.6) is 23.3 Å². The third-order valence-electron chi connectivity index (χ3n) is 3.14. The maximum atomic E-state index is 5.73. The number of fused-ring (bicyclic) bond motifs is 1. The molecule has 3 aromatic rings. The predicted octanol–water partition coefficient (Wildman–Crippen LogP) is 2.81. The van der Waals surface area contributed by atoms with E-state index < -0.39 is 0 Å². The quantitative estimate of drug-likeness (QED) is 0.774. The summed E-state index contributed by atoms with van der Waals surface area (Å²) in [6.45, 7) is 2.45. The van der Waals surface area contributed by atoms with Crippen molar-refractivity contribution >= 4 is 16.6 Å². The molecular formula is C16H16N4O3.